The number of halogens is 1. The number of anilines is 1. The lowest BCUT2D eigenvalue weighted by atomic mass is 10.1. The van der Waals surface area contributed by atoms with Crippen molar-refractivity contribution in [2.24, 2.45) is 0 Å². The summed E-state index contributed by atoms with van der Waals surface area (Å²) in [5, 5.41) is 0.658. The maximum absolute atomic E-state index is 13.2. The average molecular weight is 515 g/mol. The van der Waals surface area contributed by atoms with Gasteiger partial charge < -0.3 is 4.74 Å². The maximum atomic E-state index is 13.2. The van der Waals surface area contributed by atoms with Crippen LogP contribution in [-0.2, 0) is 4.74 Å². The minimum Gasteiger partial charge on any atom is -0.454 e. The van der Waals surface area contributed by atoms with Gasteiger partial charge in [-0.1, -0.05) is 34.1 Å². The summed E-state index contributed by atoms with van der Waals surface area (Å²) in [7, 11) is 0. The molecule has 1 aliphatic rings. The summed E-state index contributed by atoms with van der Waals surface area (Å²) >= 11 is 3.30. The van der Waals surface area contributed by atoms with Gasteiger partial charge in [0, 0.05) is 21.6 Å². The van der Waals surface area contributed by atoms with E-state index >= 15 is 0 Å². The number of aromatic nitrogens is 1. The molecule has 0 fully saturated rings. The molecule has 4 aromatic rings. The number of hydrogen-bond donors (Lipinski definition) is 0. The molecule has 0 N–H and O–H groups in total. The highest BCUT2D eigenvalue weighted by atomic mass is 79.9. The fourth-order valence-electron chi connectivity index (χ4n) is 3.80. The highest BCUT2D eigenvalue weighted by molar-refractivity contribution is 9.10. The first-order chi connectivity index (χ1) is 16.4. The Hall–Kier alpha value is -4.17. The molecule has 8 heteroatoms. The van der Waals surface area contributed by atoms with Crippen molar-refractivity contribution < 1.29 is 23.9 Å². The van der Waals surface area contributed by atoms with E-state index in [1.807, 2.05) is 0 Å². The van der Waals surface area contributed by atoms with Crippen LogP contribution < -0.4 is 4.90 Å². The Morgan fingerprint density at radius 2 is 1.59 bits per heavy atom. The van der Waals surface area contributed by atoms with Crippen molar-refractivity contribution in [2.45, 2.75) is 0 Å². The van der Waals surface area contributed by atoms with Crippen molar-refractivity contribution in [3.8, 4) is 0 Å². The van der Waals surface area contributed by atoms with Crippen molar-refractivity contribution in [1.82, 2.24) is 4.98 Å². The maximum Gasteiger partial charge on any atom is 0.338 e. The Kier molecular flexibility index (Phi) is 5.51. The monoisotopic (exact) mass is 514 g/mol. The van der Waals surface area contributed by atoms with Gasteiger partial charge in [0.05, 0.1) is 27.9 Å². The number of rotatable bonds is 5. The number of imide groups is 1. The van der Waals surface area contributed by atoms with E-state index in [-0.39, 0.29) is 22.5 Å². The molecule has 1 aromatic heterocycles. The molecule has 0 unspecified atom stereocenters. The van der Waals surface area contributed by atoms with Crippen LogP contribution in [0.25, 0.3) is 10.9 Å². The zero-order chi connectivity index (χ0) is 23.8. The molecular weight excluding hydrogens is 500 g/mol. The summed E-state index contributed by atoms with van der Waals surface area (Å²) in [6.07, 6.45) is 1.63. The van der Waals surface area contributed by atoms with E-state index < -0.39 is 24.4 Å². The average Bonchev–Trinajstić information content (AvgIpc) is 3.11. The smallest absolute Gasteiger partial charge is 0.338 e. The molecule has 0 saturated carbocycles. The quantitative estimate of drug-likeness (QED) is 0.215. The van der Waals surface area contributed by atoms with Gasteiger partial charge in [0.25, 0.3) is 11.8 Å². The van der Waals surface area contributed by atoms with Crippen LogP contribution in [0.1, 0.15) is 41.4 Å². The summed E-state index contributed by atoms with van der Waals surface area (Å²) in [5.41, 5.74) is 1.83. The second-order valence-electron chi connectivity index (χ2n) is 7.56. The number of ether oxygens (including phenoxy) is 1. The number of amides is 2. The van der Waals surface area contributed by atoms with E-state index in [1.165, 1.54) is 18.2 Å². The van der Waals surface area contributed by atoms with Crippen LogP contribution >= 0.6 is 15.9 Å². The van der Waals surface area contributed by atoms with Crippen LogP contribution in [0.4, 0.5) is 5.69 Å². The lowest BCUT2D eigenvalue weighted by molar-refractivity contribution is 0.0474. The summed E-state index contributed by atoms with van der Waals surface area (Å²) in [4.78, 5) is 56.4. The van der Waals surface area contributed by atoms with E-state index in [4.69, 9.17) is 4.74 Å². The largest absolute Gasteiger partial charge is 0.454 e. The Labute approximate surface area is 202 Å². The number of pyridine rings is 1. The number of benzene rings is 3. The number of carbonyl (C=O) groups excluding carboxylic acids is 4. The minimum absolute atomic E-state index is 0.0740. The molecule has 34 heavy (non-hydrogen) atoms. The normalized spacial score (nSPS) is 12.7. The first-order valence-electron chi connectivity index (χ1n) is 10.3. The number of esters is 1. The predicted octanol–water partition coefficient (Wildman–Crippen LogP) is 4.84. The molecule has 0 spiro atoms. The van der Waals surface area contributed by atoms with Gasteiger partial charge in [-0.3, -0.25) is 19.4 Å². The molecular formula is C26H15BrN2O5. The molecule has 0 bridgehead atoms. The number of Topliss-reactive ketones (excluding diaryl/α,β-unsaturated/α-hetero) is 1. The summed E-state index contributed by atoms with van der Waals surface area (Å²) in [6.45, 7) is -0.445. The Morgan fingerprint density at radius 1 is 0.853 bits per heavy atom. The molecule has 0 saturated heterocycles. The van der Waals surface area contributed by atoms with Gasteiger partial charge in [-0.05, 0) is 54.6 Å². The van der Waals surface area contributed by atoms with Crippen LogP contribution in [0.3, 0.4) is 0 Å². The third-order valence-corrected chi connectivity index (χ3v) is 6.02. The predicted molar refractivity (Wildman–Crippen MR) is 128 cm³/mol. The second kappa shape index (κ2) is 8.64. The van der Waals surface area contributed by atoms with Crippen LogP contribution in [0.2, 0.25) is 0 Å². The number of ketones is 1. The van der Waals surface area contributed by atoms with Crippen molar-refractivity contribution in [1.29, 1.82) is 0 Å². The first kappa shape index (κ1) is 21.7. The fraction of sp³-hybridized carbons (Fsp3) is 0.0385. The van der Waals surface area contributed by atoms with Crippen molar-refractivity contribution in [2.75, 3.05) is 11.5 Å². The zero-order valence-electron chi connectivity index (χ0n) is 17.5. The number of carbonyl (C=O) groups is 4. The van der Waals surface area contributed by atoms with Gasteiger partial charge in [-0.15, -0.1) is 0 Å². The van der Waals surface area contributed by atoms with Gasteiger partial charge in [0.15, 0.2) is 12.4 Å². The van der Waals surface area contributed by atoms with E-state index in [1.54, 1.807) is 60.8 Å². The number of nitrogens with zero attached hydrogens (tertiary/aromatic N) is 2. The summed E-state index contributed by atoms with van der Waals surface area (Å²) in [5.74, 6) is -2.15. The van der Waals surface area contributed by atoms with Crippen molar-refractivity contribution >= 4 is 56.1 Å². The lowest BCUT2D eigenvalue weighted by Gasteiger charge is -2.16. The van der Waals surface area contributed by atoms with Crippen LogP contribution in [0, 0.1) is 0 Å². The molecule has 2 heterocycles. The van der Waals surface area contributed by atoms with Crippen LogP contribution in [-0.4, -0.2) is 35.2 Å². The Bertz CT molecular complexity index is 1490. The van der Waals surface area contributed by atoms with E-state index in [9.17, 15) is 19.2 Å². The van der Waals surface area contributed by atoms with Crippen molar-refractivity contribution in [3.05, 3.63) is 106 Å². The van der Waals surface area contributed by atoms with Gasteiger partial charge in [0.2, 0.25) is 0 Å². The summed E-state index contributed by atoms with van der Waals surface area (Å²) < 4.78 is 5.97. The standard InChI is InChI=1S/C26H15BrN2O5/c27-17-9-6-15(7-10-17)23(30)14-34-26(33)16-8-11-18-20(13-16)25(32)29(24(18)31)22-5-1-4-21-19(22)3-2-12-28-21/h1-13H,14H2. The Balaban J connectivity index is 1.38. The molecule has 0 radical (unpaired) electrons. The molecule has 2 amide bonds. The molecule has 0 aliphatic carbocycles. The molecule has 166 valence electrons. The summed E-state index contributed by atoms with van der Waals surface area (Å²) in [6, 6.07) is 19.5. The lowest BCUT2D eigenvalue weighted by Crippen LogP contribution is -2.29. The highest BCUT2D eigenvalue weighted by Crippen LogP contribution is 2.33. The van der Waals surface area contributed by atoms with Crippen LogP contribution in [0.15, 0.2) is 83.5 Å². The molecule has 1 aliphatic heterocycles. The fourth-order valence-corrected chi connectivity index (χ4v) is 4.07. The van der Waals surface area contributed by atoms with Gasteiger partial charge in [-0.25, -0.2) is 9.69 Å². The number of fused-ring (bicyclic) bond motifs is 2. The number of hydrogen-bond acceptors (Lipinski definition) is 6. The highest BCUT2D eigenvalue weighted by Gasteiger charge is 2.38. The van der Waals surface area contributed by atoms with E-state index in [0.29, 0.717) is 22.2 Å². The molecule has 0 atom stereocenters. The SMILES string of the molecule is O=C(COC(=O)c1ccc2c(c1)C(=O)N(c1cccc3ncccc13)C2=O)c1ccc(Br)cc1. The second-order valence-corrected chi connectivity index (χ2v) is 8.48. The first-order valence-corrected chi connectivity index (χ1v) is 11.1. The molecule has 5 rings (SSSR count). The van der Waals surface area contributed by atoms with Crippen molar-refractivity contribution in [3.63, 3.8) is 0 Å². The molecule has 3 aromatic carbocycles. The minimum atomic E-state index is -0.763. The Morgan fingerprint density at radius 3 is 2.38 bits per heavy atom. The van der Waals surface area contributed by atoms with Gasteiger partial charge >= 0.3 is 5.97 Å². The van der Waals surface area contributed by atoms with E-state index in [2.05, 4.69) is 20.9 Å². The zero-order valence-corrected chi connectivity index (χ0v) is 19.1. The van der Waals surface area contributed by atoms with Gasteiger partial charge in [-0.2, -0.15) is 0 Å². The molecule has 7 nitrogen and oxygen atoms in total. The van der Waals surface area contributed by atoms with E-state index in [0.717, 1.165) is 9.37 Å². The third kappa shape index (κ3) is 3.78. The topological polar surface area (TPSA) is 93.6 Å². The van der Waals surface area contributed by atoms with Crippen LogP contribution in [0.5, 0.6) is 0 Å². The van der Waals surface area contributed by atoms with Gasteiger partial charge in [0.1, 0.15) is 0 Å². The third-order valence-electron chi connectivity index (χ3n) is 5.49.